The standard InChI is InChI=1S/C12H13NO3S/c1-16-11-7-6-10(5-4-9-2-3-9)8-12(11)17(13,14)15/h6-9H,2-3H2,1H3,(H2,13,14,15). The van der Waals surface area contributed by atoms with Gasteiger partial charge in [0.25, 0.3) is 0 Å². The van der Waals surface area contributed by atoms with Crippen LogP contribution in [0.3, 0.4) is 0 Å². The Morgan fingerprint density at radius 3 is 2.65 bits per heavy atom. The van der Waals surface area contributed by atoms with Gasteiger partial charge in [0.2, 0.25) is 10.0 Å². The van der Waals surface area contributed by atoms with Crippen LogP contribution in [-0.2, 0) is 10.0 Å². The van der Waals surface area contributed by atoms with Crippen molar-refractivity contribution in [2.45, 2.75) is 17.7 Å². The van der Waals surface area contributed by atoms with Crippen LogP contribution in [0.25, 0.3) is 0 Å². The zero-order valence-electron chi connectivity index (χ0n) is 9.43. The second kappa shape index (κ2) is 4.40. The van der Waals surface area contributed by atoms with Crippen LogP contribution in [-0.4, -0.2) is 15.5 Å². The molecule has 4 nitrogen and oxygen atoms in total. The lowest BCUT2D eigenvalue weighted by atomic mass is 10.2. The molecule has 17 heavy (non-hydrogen) atoms. The summed E-state index contributed by atoms with van der Waals surface area (Å²) < 4.78 is 27.7. The number of methoxy groups -OCH3 is 1. The number of ether oxygens (including phenoxy) is 1. The van der Waals surface area contributed by atoms with Gasteiger partial charge in [0, 0.05) is 11.5 Å². The fourth-order valence-electron chi connectivity index (χ4n) is 1.39. The van der Waals surface area contributed by atoms with E-state index in [0.717, 1.165) is 12.8 Å². The van der Waals surface area contributed by atoms with Gasteiger partial charge in [0.15, 0.2) is 0 Å². The van der Waals surface area contributed by atoms with Crippen LogP contribution in [0.1, 0.15) is 18.4 Å². The Bertz CT molecular complexity index is 592. The van der Waals surface area contributed by atoms with E-state index in [1.54, 1.807) is 12.1 Å². The number of hydrogen-bond acceptors (Lipinski definition) is 3. The predicted molar refractivity (Wildman–Crippen MR) is 64.0 cm³/mol. The largest absolute Gasteiger partial charge is 0.495 e. The maximum atomic E-state index is 11.4. The zero-order valence-corrected chi connectivity index (χ0v) is 10.3. The molecule has 90 valence electrons. The lowest BCUT2D eigenvalue weighted by molar-refractivity contribution is 0.402. The first kappa shape index (κ1) is 12.0. The van der Waals surface area contributed by atoms with Crippen molar-refractivity contribution in [3.63, 3.8) is 0 Å². The summed E-state index contributed by atoms with van der Waals surface area (Å²) >= 11 is 0. The molecule has 0 bridgehead atoms. The number of primary sulfonamides is 1. The molecule has 0 atom stereocenters. The third-order valence-electron chi connectivity index (χ3n) is 2.47. The van der Waals surface area contributed by atoms with Gasteiger partial charge < -0.3 is 4.74 Å². The molecule has 0 aliphatic heterocycles. The first-order chi connectivity index (χ1) is 8.00. The minimum Gasteiger partial charge on any atom is -0.495 e. The SMILES string of the molecule is COc1ccc(C#CC2CC2)cc1S(N)(=O)=O. The maximum Gasteiger partial charge on any atom is 0.241 e. The predicted octanol–water partition coefficient (Wildman–Crippen LogP) is 1.10. The zero-order chi connectivity index (χ0) is 12.5. The minimum atomic E-state index is -3.78. The number of benzene rings is 1. The van der Waals surface area contributed by atoms with Crippen molar-refractivity contribution in [1.29, 1.82) is 0 Å². The Morgan fingerprint density at radius 1 is 1.41 bits per heavy atom. The van der Waals surface area contributed by atoms with E-state index < -0.39 is 10.0 Å². The first-order valence-corrected chi connectivity index (χ1v) is 6.78. The van der Waals surface area contributed by atoms with E-state index in [2.05, 4.69) is 11.8 Å². The Morgan fingerprint density at radius 2 is 2.12 bits per heavy atom. The highest BCUT2D eigenvalue weighted by atomic mass is 32.2. The van der Waals surface area contributed by atoms with Gasteiger partial charge in [0.05, 0.1) is 7.11 Å². The van der Waals surface area contributed by atoms with Crippen LogP contribution in [0.15, 0.2) is 23.1 Å². The average Bonchev–Trinajstić information content (AvgIpc) is 3.08. The molecule has 1 fully saturated rings. The molecule has 5 heteroatoms. The van der Waals surface area contributed by atoms with Crippen LogP contribution in [0, 0.1) is 17.8 Å². The summed E-state index contributed by atoms with van der Waals surface area (Å²) in [7, 11) is -2.38. The second-order valence-corrected chi connectivity index (χ2v) is 5.48. The Labute approximate surface area is 101 Å². The molecular formula is C12H13NO3S. The quantitative estimate of drug-likeness (QED) is 0.800. The van der Waals surface area contributed by atoms with Crippen molar-refractivity contribution in [2.75, 3.05) is 7.11 Å². The molecule has 0 spiro atoms. The van der Waals surface area contributed by atoms with Crippen molar-refractivity contribution in [3.05, 3.63) is 23.8 Å². The molecule has 1 saturated carbocycles. The number of nitrogens with two attached hydrogens (primary N) is 1. The molecule has 1 aromatic carbocycles. The maximum absolute atomic E-state index is 11.4. The Kier molecular flexibility index (Phi) is 3.09. The van der Waals surface area contributed by atoms with Gasteiger partial charge in [-0.3, -0.25) is 0 Å². The third-order valence-corrected chi connectivity index (χ3v) is 3.40. The molecule has 1 aromatic rings. The molecule has 0 aromatic heterocycles. The number of rotatable bonds is 2. The Balaban J connectivity index is 2.42. The third kappa shape index (κ3) is 2.99. The van der Waals surface area contributed by atoms with E-state index in [4.69, 9.17) is 9.88 Å². The van der Waals surface area contributed by atoms with Gasteiger partial charge in [-0.25, -0.2) is 13.6 Å². The van der Waals surface area contributed by atoms with Crippen molar-refractivity contribution in [2.24, 2.45) is 11.1 Å². The smallest absolute Gasteiger partial charge is 0.241 e. The van der Waals surface area contributed by atoms with Gasteiger partial charge in [-0.05, 0) is 31.0 Å². The van der Waals surface area contributed by atoms with Crippen LogP contribution in [0.5, 0.6) is 5.75 Å². The van der Waals surface area contributed by atoms with Crippen LogP contribution >= 0.6 is 0 Å². The molecule has 1 aliphatic rings. The van der Waals surface area contributed by atoms with Crippen LogP contribution in [0.2, 0.25) is 0 Å². The van der Waals surface area contributed by atoms with Crippen LogP contribution < -0.4 is 9.88 Å². The highest BCUT2D eigenvalue weighted by Crippen LogP contribution is 2.28. The van der Waals surface area contributed by atoms with E-state index in [0.29, 0.717) is 11.5 Å². The molecule has 0 heterocycles. The summed E-state index contributed by atoms with van der Waals surface area (Å²) in [5.74, 6) is 6.72. The summed E-state index contributed by atoms with van der Waals surface area (Å²) in [6, 6.07) is 4.74. The lowest BCUT2D eigenvalue weighted by Gasteiger charge is -2.06. The van der Waals surface area contributed by atoms with E-state index >= 15 is 0 Å². The highest BCUT2D eigenvalue weighted by Gasteiger charge is 2.18. The Hall–Kier alpha value is -1.51. The van der Waals surface area contributed by atoms with Gasteiger partial charge >= 0.3 is 0 Å². The van der Waals surface area contributed by atoms with Gasteiger partial charge in [-0.15, -0.1) is 0 Å². The van der Waals surface area contributed by atoms with E-state index in [1.165, 1.54) is 13.2 Å². The molecule has 2 rings (SSSR count). The van der Waals surface area contributed by atoms with Crippen molar-refractivity contribution < 1.29 is 13.2 Å². The summed E-state index contributed by atoms with van der Waals surface area (Å²) in [6.07, 6.45) is 2.26. The lowest BCUT2D eigenvalue weighted by Crippen LogP contribution is -2.13. The molecule has 1 aliphatic carbocycles. The average molecular weight is 251 g/mol. The first-order valence-electron chi connectivity index (χ1n) is 5.23. The fraction of sp³-hybridized carbons (Fsp3) is 0.333. The molecule has 0 amide bonds. The minimum absolute atomic E-state index is 0.0254. The van der Waals surface area contributed by atoms with Crippen molar-refractivity contribution in [1.82, 2.24) is 0 Å². The van der Waals surface area contributed by atoms with Crippen molar-refractivity contribution >= 4 is 10.0 Å². The summed E-state index contributed by atoms with van der Waals surface area (Å²) in [6.45, 7) is 0. The normalized spacial score (nSPS) is 14.9. The van der Waals surface area contributed by atoms with E-state index in [9.17, 15) is 8.42 Å². The highest BCUT2D eigenvalue weighted by molar-refractivity contribution is 7.89. The second-order valence-electron chi connectivity index (χ2n) is 3.95. The summed E-state index contributed by atoms with van der Waals surface area (Å²) in [5.41, 5.74) is 0.640. The fourth-order valence-corrected chi connectivity index (χ4v) is 2.11. The number of hydrogen-bond donors (Lipinski definition) is 1. The molecular weight excluding hydrogens is 238 g/mol. The van der Waals surface area contributed by atoms with Crippen LogP contribution in [0.4, 0.5) is 0 Å². The number of sulfonamides is 1. The monoisotopic (exact) mass is 251 g/mol. The molecule has 2 N–H and O–H groups in total. The van der Waals surface area contributed by atoms with Crippen molar-refractivity contribution in [3.8, 4) is 17.6 Å². The van der Waals surface area contributed by atoms with Gasteiger partial charge in [0.1, 0.15) is 10.6 Å². The van der Waals surface area contributed by atoms with E-state index in [1.807, 2.05) is 0 Å². The summed E-state index contributed by atoms with van der Waals surface area (Å²) in [5, 5.41) is 5.11. The summed E-state index contributed by atoms with van der Waals surface area (Å²) in [4.78, 5) is -0.0254. The molecule has 0 unspecified atom stereocenters. The topological polar surface area (TPSA) is 69.4 Å². The molecule has 0 saturated heterocycles. The van der Waals surface area contributed by atoms with Gasteiger partial charge in [-0.2, -0.15) is 0 Å². The van der Waals surface area contributed by atoms with E-state index in [-0.39, 0.29) is 10.6 Å². The van der Waals surface area contributed by atoms with Gasteiger partial charge in [-0.1, -0.05) is 11.8 Å². The molecule has 0 radical (unpaired) electrons.